The van der Waals surface area contributed by atoms with Gasteiger partial charge in [-0.15, -0.1) is 0 Å². The zero-order valence-electron chi connectivity index (χ0n) is 18.3. The van der Waals surface area contributed by atoms with Crippen molar-refractivity contribution in [3.63, 3.8) is 0 Å². The van der Waals surface area contributed by atoms with E-state index >= 15 is 0 Å². The highest BCUT2D eigenvalue weighted by atomic mass is 16.6. The van der Waals surface area contributed by atoms with Crippen LogP contribution >= 0.6 is 0 Å². The van der Waals surface area contributed by atoms with Gasteiger partial charge in [0, 0.05) is 30.8 Å². The molecule has 0 bridgehead atoms. The number of rotatable bonds is 4. The van der Waals surface area contributed by atoms with Crippen molar-refractivity contribution >= 4 is 29.5 Å². The van der Waals surface area contributed by atoms with Crippen LogP contribution in [-0.4, -0.2) is 49.2 Å². The van der Waals surface area contributed by atoms with Crippen LogP contribution in [0.5, 0.6) is 0 Å². The molecule has 0 spiro atoms. The number of alkyl carbamates (subject to hydrolysis) is 1. The highest BCUT2D eigenvalue weighted by Gasteiger charge is 2.38. The molecule has 1 heterocycles. The van der Waals surface area contributed by atoms with Crippen molar-refractivity contribution in [2.75, 3.05) is 30.0 Å². The fraction of sp³-hybridized carbons (Fsp3) is 0.500. The lowest BCUT2D eigenvalue weighted by Gasteiger charge is -2.31. The van der Waals surface area contributed by atoms with Crippen LogP contribution in [0.4, 0.5) is 21.0 Å². The number of benzene rings is 1. The second kappa shape index (κ2) is 8.97. The number of nitrogens with one attached hydrogen (secondary N) is 2. The summed E-state index contributed by atoms with van der Waals surface area (Å²) in [4.78, 5) is 38.5. The predicted molar refractivity (Wildman–Crippen MR) is 115 cm³/mol. The Morgan fingerprint density at radius 3 is 2.48 bits per heavy atom. The van der Waals surface area contributed by atoms with Gasteiger partial charge in [0.2, 0.25) is 0 Å². The van der Waals surface area contributed by atoms with Gasteiger partial charge in [-0.25, -0.2) is 9.59 Å². The van der Waals surface area contributed by atoms with Crippen molar-refractivity contribution in [2.24, 2.45) is 0 Å². The maximum Gasteiger partial charge on any atom is 0.413 e. The van der Waals surface area contributed by atoms with E-state index in [0.717, 1.165) is 11.3 Å². The van der Waals surface area contributed by atoms with Crippen LogP contribution in [0.3, 0.4) is 0 Å². The number of amides is 3. The number of aryl methyl sites for hydroxylation is 1. The molecular formula is C22H29N3O6. The summed E-state index contributed by atoms with van der Waals surface area (Å²) in [5, 5.41) is 5.36. The zero-order valence-corrected chi connectivity index (χ0v) is 18.3. The summed E-state index contributed by atoms with van der Waals surface area (Å²) in [5.41, 5.74) is 0.264. The third-order valence-electron chi connectivity index (χ3n) is 4.80. The summed E-state index contributed by atoms with van der Waals surface area (Å²) in [5.74, 6) is -0.0987. The monoisotopic (exact) mass is 431 g/mol. The third kappa shape index (κ3) is 5.97. The van der Waals surface area contributed by atoms with Crippen LogP contribution in [0.15, 0.2) is 30.4 Å². The van der Waals surface area contributed by atoms with Gasteiger partial charge in [-0.2, -0.15) is 0 Å². The molecule has 9 heteroatoms. The predicted octanol–water partition coefficient (Wildman–Crippen LogP) is 3.48. The first-order chi connectivity index (χ1) is 14.6. The molecule has 9 nitrogen and oxygen atoms in total. The Balaban J connectivity index is 1.64. The molecule has 1 saturated heterocycles. The van der Waals surface area contributed by atoms with Gasteiger partial charge in [-0.1, -0.05) is 12.2 Å². The molecule has 0 unspecified atom stereocenters. The van der Waals surface area contributed by atoms with Crippen molar-refractivity contribution in [1.82, 2.24) is 5.32 Å². The Kier molecular flexibility index (Phi) is 6.54. The first kappa shape index (κ1) is 22.6. The van der Waals surface area contributed by atoms with E-state index < -0.39 is 23.5 Å². The van der Waals surface area contributed by atoms with Crippen molar-refractivity contribution in [1.29, 1.82) is 0 Å². The fourth-order valence-electron chi connectivity index (χ4n) is 3.46. The minimum atomic E-state index is -1.19. The molecule has 2 N–H and O–H groups in total. The number of anilines is 2. The van der Waals surface area contributed by atoms with E-state index in [-0.39, 0.29) is 12.5 Å². The minimum absolute atomic E-state index is 0.0620. The number of carbonyl (C=O) groups excluding carboxylic acids is 3. The Labute approximate surface area is 181 Å². The van der Waals surface area contributed by atoms with E-state index in [1.807, 2.05) is 19.1 Å². The molecule has 1 aromatic rings. The first-order valence-electron chi connectivity index (χ1n) is 10.2. The smallest absolute Gasteiger partial charge is 0.413 e. The molecule has 0 atom stereocenters. The number of hydrogen-bond acceptors (Lipinski definition) is 6. The summed E-state index contributed by atoms with van der Waals surface area (Å²) in [6, 6.07) is 5.24. The molecule has 3 rings (SSSR count). The average molecular weight is 431 g/mol. The fourth-order valence-corrected chi connectivity index (χ4v) is 3.46. The van der Waals surface area contributed by atoms with E-state index in [1.54, 1.807) is 43.9 Å². The highest BCUT2D eigenvalue weighted by molar-refractivity contribution is 5.96. The summed E-state index contributed by atoms with van der Waals surface area (Å²) >= 11 is 0. The Hall–Kier alpha value is -3.07. The second-order valence-electron chi connectivity index (χ2n) is 8.61. The molecule has 0 aromatic heterocycles. The minimum Gasteiger partial charge on any atom is -0.444 e. The highest BCUT2D eigenvalue weighted by Crippen LogP contribution is 2.28. The molecule has 1 fully saturated rings. The number of hydrogen-bond donors (Lipinski definition) is 2. The quantitative estimate of drug-likeness (QED) is 0.558. The Morgan fingerprint density at radius 1 is 1.16 bits per heavy atom. The lowest BCUT2D eigenvalue weighted by molar-refractivity contribution is -0.125. The van der Waals surface area contributed by atoms with E-state index in [2.05, 4.69) is 10.6 Å². The SMILES string of the molecule is Cc1cc(NC(=O)OC2(NC(=O)OC(C)(C)C)CC=CC2)ccc1N1CCOCC1=O. The van der Waals surface area contributed by atoms with Crippen LogP contribution in [0.25, 0.3) is 0 Å². The standard InChI is InChI=1S/C22H29N3O6/c1-15-13-16(7-8-17(15)25-11-12-29-14-18(25)26)23-19(27)31-22(9-5-6-10-22)24-20(28)30-21(2,3)4/h5-8,13H,9-12,14H2,1-4H3,(H,23,27)(H,24,28). The van der Waals surface area contributed by atoms with Gasteiger partial charge in [0.05, 0.1) is 6.61 Å². The molecule has 2 aliphatic rings. The van der Waals surface area contributed by atoms with Gasteiger partial charge in [0.25, 0.3) is 5.91 Å². The molecule has 0 saturated carbocycles. The van der Waals surface area contributed by atoms with Gasteiger partial charge in [0.1, 0.15) is 12.2 Å². The first-order valence-corrected chi connectivity index (χ1v) is 10.2. The maximum absolute atomic E-state index is 12.6. The van der Waals surface area contributed by atoms with Gasteiger partial charge in [-0.05, 0) is 51.5 Å². The zero-order chi connectivity index (χ0) is 22.6. The van der Waals surface area contributed by atoms with Gasteiger partial charge < -0.3 is 19.1 Å². The molecular weight excluding hydrogens is 402 g/mol. The van der Waals surface area contributed by atoms with Gasteiger partial charge in [-0.3, -0.25) is 15.4 Å². The second-order valence-corrected chi connectivity index (χ2v) is 8.61. The van der Waals surface area contributed by atoms with Crippen LogP contribution in [0, 0.1) is 6.92 Å². The molecule has 1 aliphatic carbocycles. The summed E-state index contributed by atoms with van der Waals surface area (Å²) in [6.45, 7) is 8.18. The van der Waals surface area contributed by atoms with Crippen molar-refractivity contribution in [3.8, 4) is 0 Å². The van der Waals surface area contributed by atoms with Crippen LogP contribution in [0.1, 0.15) is 39.2 Å². The van der Waals surface area contributed by atoms with E-state index in [0.29, 0.717) is 31.7 Å². The van der Waals surface area contributed by atoms with Crippen LogP contribution in [-0.2, 0) is 19.0 Å². The Morgan fingerprint density at radius 2 is 1.87 bits per heavy atom. The summed E-state index contributed by atoms with van der Waals surface area (Å²) in [6.07, 6.45) is 3.01. The summed E-state index contributed by atoms with van der Waals surface area (Å²) in [7, 11) is 0. The van der Waals surface area contributed by atoms with E-state index in [4.69, 9.17) is 14.2 Å². The normalized spacial score (nSPS) is 17.9. The molecule has 0 radical (unpaired) electrons. The molecule has 3 amide bonds. The van der Waals surface area contributed by atoms with E-state index in [1.165, 1.54) is 0 Å². The number of ether oxygens (including phenoxy) is 3. The maximum atomic E-state index is 12.6. The third-order valence-corrected chi connectivity index (χ3v) is 4.80. The van der Waals surface area contributed by atoms with Crippen molar-refractivity contribution in [3.05, 3.63) is 35.9 Å². The van der Waals surface area contributed by atoms with Gasteiger partial charge >= 0.3 is 12.2 Å². The van der Waals surface area contributed by atoms with Crippen LogP contribution < -0.4 is 15.5 Å². The molecule has 31 heavy (non-hydrogen) atoms. The number of morpholine rings is 1. The lowest BCUT2D eigenvalue weighted by Crippen LogP contribution is -2.52. The van der Waals surface area contributed by atoms with Crippen molar-refractivity contribution < 1.29 is 28.6 Å². The topological polar surface area (TPSA) is 106 Å². The average Bonchev–Trinajstić information content (AvgIpc) is 3.08. The van der Waals surface area contributed by atoms with Crippen molar-refractivity contribution in [2.45, 2.75) is 51.9 Å². The summed E-state index contributed by atoms with van der Waals surface area (Å²) < 4.78 is 16.0. The number of nitrogens with zero attached hydrogens (tertiary/aromatic N) is 1. The molecule has 1 aromatic carbocycles. The lowest BCUT2D eigenvalue weighted by atomic mass is 10.1. The Bertz CT molecular complexity index is 882. The number of carbonyl (C=O) groups is 3. The molecule has 1 aliphatic heterocycles. The van der Waals surface area contributed by atoms with Crippen LogP contribution in [0.2, 0.25) is 0 Å². The molecule has 168 valence electrons. The van der Waals surface area contributed by atoms with Gasteiger partial charge in [0.15, 0.2) is 5.72 Å². The largest absolute Gasteiger partial charge is 0.444 e. The van der Waals surface area contributed by atoms with E-state index in [9.17, 15) is 14.4 Å².